The van der Waals surface area contributed by atoms with Crippen molar-refractivity contribution in [2.24, 2.45) is 5.92 Å². The standard InChI is InChI=1S/C43H57N3O/c1-8-10-29-46-38-26-25-33(44-7)30-36(38)43(5,6)40(46)28-24-32-18-16-17-31(41(32)47-34-19-12-11-13-20-34)23-27-39-42(3,4)35-21-14-15-22-37(35)45(39)9-2/h11-15,19-22,25-26,30,32,40,44H,1,8-10,16-18,23-24,27-29H2,2-7H3. The molecule has 1 aliphatic carbocycles. The van der Waals surface area contributed by atoms with Crippen LogP contribution in [-0.2, 0) is 10.8 Å². The molecule has 6 rings (SSSR count). The summed E-state index contributed by atoms with van der Waals surface area (Å²) >= 11 is 0. The number of unbranched alkanes of at least 4 members (excludes halogenated alkanes) is 1. The number of nitrogens with zero attached hydrogens (tertiary/aromatic N) is 2. The van der Waals surface area contributed by atoms with Crippen molar-refractivity contribution < 1.29 is 9.31 Å². The minimum atomic E-state index is 0.0371. The third kappa shape index (κ3) is 6.37. The van der Waals surface area contributed by atoms with Crippen LogP contribution in [0.4, 0.5) is 17.1 Å². The van der Waals surface area contributed by atoms with Crippen molar-refractivity contribution in [3.8, 4) is 5.75 Å². The normalized spacial score (nSPS) is 21.2. The van der Waals surface area contributed by atoms with Gasteiger partial charge in [-0.25, -0.2) is 0 Å². The SMILES string of the molecule is [CH2-]CCCN1c2ccc(NC)cc2C(C)(C)C1CCC1CCCC(CCC2=[N+](CC)c3ccccc3C2(C)C)=C1Oc1ccccc1. The van der Waals surface area contributed by atoms with Crippen molar-refractivity contribution >= 4 is 22.8 Å². The first kappa shape index (κ1) is 33.4. The zero-order valence-electron chi connectivity index (χ0n) is 29.9. The van der Waals surface area contributed by atoms with Gasteiger partial charge in [-0.3, -0.25) is 0 Å². The fourth-order valence-electron chi connectivity index (χ4n) is 8.98. The second-order valence-corrected chi connectivity index (χ2v) is 15.0. The number of para-hydroxylation sites is 2. The lowest BCUT2D eigenvalue weighted by atomic mass is 9.75. The highest BCUT2D eigenvalue weighted by molar-refractivity contribution is 5.95. The predicted molar refractivity (Wildman–Crippen MR) is 200 cm³/mol. The first-order valence-electron chi connectivity index (χ1n) is 18.3. The number of nitrogens with one attached hydrogen (secondary N) is 1. The summed E-state index contributed by atoms with van der Waals surface area (Å²) in [5.41, 5.74) is 10.1. The maximum absolute atomic E-state index is 6.94. The average molecular weight is 632 g/mol. The van der Waals surface area contributed by atoms with Crippen molar-refractivity contribution in [2.75, 3.05) is 30.4 Å². The third-order valence-electron chi connectivity index (χ3n) is 11.6. The molecule has 3 aromatic carbocycles. The van der Waals surface area contributed by atoms with Crippen molar-refractivity contribution in [1.29, 1.82) is 0 Å². The highest BCUT2D eigenvalue weighted by Crippen LogP contribution is 2.49. The summed E-state index contributed by atoms with van der Waals surface area (Å²) in [6, 6.07) is 26.9. The number of anilines is 2. The van der Waals surface area contributed by atoms with Crippen LogP contribution >= 0.6 is 0 Å². The molecule has 0 amide bonds. The van der Waals surface area contributed by atoms with E-state index in [0.29, 0.717) is 12.0 Å². The van der Waals surface area contributed by atoms with Crippen LogP contribution in [0.2, 0.25) is 0 Å². The molecule has 0 aromatic heterocycles. The number of benzene rings is 3. The molecule has 2 atom stereocenters. The topological polar surface area (TPSA) is 27.5 Å². The first-order chi connectivity index (χ1) is 22.7. The lowest BCUT2D eigenvalue weighted by molar-refractivity contribution is -0.435. The van der Waals surface area contributed by atoms with Crippen LogP contribution in [0, 0.1) is 12.8 Å². The molecule has 2 heterocycles. The lowest BCUT2D eigenvalue weighted by Gasteiger charge is -2.37. The van der Waals surface area contributed by atoms with E-state index in [4.69, 9.17) is 4.74 Å². The average Bonchev–Trinajstić information content (AvgIpc) is 3.44. The quantitative estimate of drug-likeness (QED) is 0.150. The first-order valence-corrected chi connectivity index (χ1v) is 18.3. The summed E-state index contributed by atoms with van der Waals surface area (Å²) in [7, 11) is 2.02. The van der Waals surface area contributed by atoms with Gasteiger partial charge in [-0.05, 0) is 101 Å². The van der Waals surface area contributed by atoms with E-state index in [-0.39, 0.29) is 10.8 Å². The Labute approximate surface area is 284 Å². The van der Waals surface area contributed by atoms with Gasteiger partial charge in [0.05, 0.1) is 5.41 Å². The van der Waals surface area contributed by atoms with E-state index in [2.05, 4.69) is 129 Å². The minimum Gasteiger partial charge on any atom is -0.461 e. The Morgan fingerprint density at radius 2 is 1.70 bits per heavy atom. The molecule has 3 aromatic rings. The maximum Gasteiger partial charge on any atom is 0.209 e. The monoisotopic (exact) mass is 631 g/mol. The number of rotatable bonds is 13. The van der Waals surface area contributed by atoms with Gasteiger partial charge in [-0.1, -0.05) is 56.7 Å². The maximum atomic E-state index is 6.94. The molecule has 1 N–H and O–H groups in total. The zero-order chi connectivity index (χ0) is 33.2. The van der Waals surface area contributed by atoms with E-state index < -0.39 is 0 Å². The summed E-state index contributed by atoms with van der Waals surface area (Å²) in [5, 5.41) is 3.38. The molecule has 0 saturated carbocycles. The molecule has 0 radical (unpaired) electrons. The largest absolute Gasteiger partial charge is 0.461 e. The molecular weight excluding hydrogens is 574 g/mol. The van der Waals surface area contributed by atoms with Crippen molar-refractivity contribution in [3.63, 3.8) is 0 Å². The van der Waals surface area contributed by atoms with Gasteiger partial charge < -0.3 is 21.9 Å². The van der Waals surface area contributed by atoms with E-state index in [0.717, 1.165) is 63.8 Å². The van der Waals surface area contributed by atoms with E-state index in [1.165, 1.54) is 52.4 Å². The Bertz CT molecular complexity index is 1610. The number of ether oxygens (including phenoxy) is 1. The molecule has 0 fully saturated rings. The van der Waals surface area contributed by atoms with E-state index in [9.17, 15) is 0 Å². The lowest BCUT2D eigenvalue weighted by Crippen LogP contribution is -2.42. The molecule has 47 heavy (non-hydrogen) atoms. The highest BCUT2D eigenvalue weighted by atomic mass is 16.5. The fraction of sp³-hybridized carbons (Fsp3) is 0.488. The summed E-state index contributed by atoms with van der Waals surface area (Å²) in [6.45, 7) is 18.3. The Hall–Kier alpha value is -3.53. The summed E-state index contributed by atoms with van der Waals surface area (Å²) in [5.74, 6) is 2.66. The summed E-state index contributed by atoms with van der Waals surface area (Å²) in [6.07, 6.45) is 10.1. The van der Waals surface area contributed by atoms with Crippen molar-refractivity contribution in [3.05, 3.63) is 102 Å². The molecule has 2 aliphatic heterocycles. The molecule has 4 nitrogen and oxygen atoms in total. The second kappa shape index (κ2) is 13.9. The van der Waals surface area contributed by atoms with Gasteiger partial charge in [0.2, 0.25) is 5.69 Å². The van der Waals surface area contributed by atoms with Gasteiger partial charge in [0.15, 0.2) is 5.71 Å². The highest BCUT2D eigenvalue weighted by Gasteiger charge is 2.46. The number of hydrogen-bond acceptors (Lipinski definition) is 3. The van der Waals surface area contributed by atoms with Crippen LogP contribution < -0.4 is 15.0 Å². The van der Waals surface area contributed by atoms with Gasteiger partial charge in [0.1, 0.15) is 18.1 Å². The molecule has 0 saturated heterocycles. The molecule has 0 spiro atoms. The van der Waals surface area contributed by atoms with Gasteiger partial charge in [-0.15, -0.1) is 0 Å². The van der Waals surface area contributed by atoms with Crippen LogP contribution in [0.15, 0.2) is 84.1 Å². The van der Waals surface area contributed by atoms with E-state index in [1.807, 2.05) is 7.05 Å². The van der Waals surface area contributed by atoms with Gasteiger partial charge in [0.25, 0.3) is 0 Å². The van der Waals surface area contributed by atoms with Gasteiger partial charge >= 0.3 is 0 Å². The smallest absolute Gasteiger partial charge is 0.209 e. The molecule has 4 heteroatoms. The van der Waals surface area contributed by atoms with Gasteiger partial charge in [-0.2, -0.15) is 11.0 Å². The van der Waals surface area contributed by atoms with Crippen LogP contribution in [0.5, 0.6) is 5.75 Å². The van der Waals surface area contributed by atoms with Crippen molar-refractivity contribution in [2.45, 2.75) is 109 Å². The van der Waals surface area contributed by atoms with Crippen LogP contribution in [-0.4, -0.2) is 36.5 Å². The van der Waals surface area contributed by atoms with Gasteiger partial charge in [0, 0.05) is 60.4 Å². The Morgan fingerprint density at radius 3 is 2.45 bits per heavy atom. The molecule has 2 unspecified atom stereocenters. The minimum absolute atomic E-state index is 0.0371. The number of fused-ring (bicyclic) bond motifs is 2. The van der Waals surface area contributed by atoms with Crippen molar-refractivity contribution in [1.82, 2.24) is 0 Å². The van der Waals surface area contributed by atoms with Crippen LogP contribution in [0.1, 0.15) is 104 Å². The van der Waals surface area contributed by atoms with Crippen LogP contribution in [0.3, 0.4) is 0 Å². The summed E-state index contributed by atoms with van der Waals surface area (Å²) < 4.78 is 9.52. The Kier molecular flexibility index (Phi) is 9.88. The van der Waals surface area contributed by atoms with E-state index >= 15 is 0 Å². The third-order valence-corrected chi connectivity index (χ3v) is 11.6. The molecular formula is C43H57N3O. The fourth-order valence-corrected chi connectivity index (χ4v) is 8.98. The number of hydrogen-bond donors (Lipinski definition) is 1. The Morgan fingerprint density at radius 1 is 0.936 bits per heavy atom. The number of allylic oxidation sites excluding steroid dienone is 2. The summed E-state index contributed by atoms with van der Waals surface area (Å²) in [4.78, 5) is 2.71. The zero-order valence-corrected chi connectivity index (χ0v) is 29.9. The van der Waals surface area contributed by atoms with E-state index in [1.54, 1.807) is 5.71 Å². The second-order valence-electron chi connectivity index (χ2n) is 15.0. The molecule has 3 aliphatic rings. The predicted octanol–water partition coefficient (Wildman–Crippen LogP) is 10.6. The van der Waals surface area contributed by atoms with Crippen LogP contribution in [0.25, 0.3) is 0 Å². The molecule has 250 valence electrons. The molecule has 0 bridgehead atoms. The Balaban J connectivity index is 1.28.